The van der Waals surface area contributed by atoms with E-state index in [0.717, 1.165) is 11.3 Å². The fourth-order valence-electron chi connectivity index (χ4n) is 3.25. The number of hydrogen-bond acceptors (Lipinski definition) is 9. The molecule has 0 fully saturated rings. The number of aromatic nitrogens is 2. The van der Waals surface area contributed by atoms with Crippen LogP contribution in [0.3, 0.4) is 0 Å². The number of amides is 1. The molecule has 3 aromatic carbocycles. The Morgan fingerprint density at radius 3 is 2.58 bits per heavy atom. The van der Waals surface area contributed by atoms with Crippen molar-refractivity contribution >= 4 is 38.6 Å². The predicted molar refractivity (Wildman–Crippen MR) is 139 cm³/mol. The third kappa shape index (κ3) is 6.58. The molecular weight excluding hydrogens is 531 g/mol. The Morgan fingerprint density at radius 2 is 1.87 bits per heavy atom. The first-order valence-electron chi connectivity index (χ1n) is 10.9. The molecule has 9 nitrogen and oxygen atoms in total. The maximum absolute atomic E-state index is 13.4. The molecule has 38 heavy (non-hydrogen) atoms. The first kappa shape index (κ1) is 26.5. The van der Waals surface area contributed by atoms with E-state index >= 15 is 0 Å². The van der Waals surface area contributed by atoms with Gasteiger partial charge in [0.05, 0.1) is 7.11 Å². The number of ether oxygens (including phenoxy) is 1. The van der Waals surface area contributed by atoms with Crippen LogP contribution >= 0.6 is 11.3 Å². The summed E-state index contributed by atoms with van der Waals surface area (Å²) in [5, 5.41) is 20.7. The molecule has 192 valence electrons. The lowest BCUT2D eigenvalue weighted by atomic mass is 10.1. The van der Waals surface area contributed by atoms with Gasteiger partial charge in [0, 0.05) is 12.0 Å². The van der Waals surface area contributed by atoms with E-state index in [2.05, 4.69) is 15.5 Å². The lowest BCUT2D eigenvalue weighted by Crippen LogP contribution is -2.13. The van der Waals surface area contributed by atoms with Gasteiger partial charge in [0.25, 0.3) is 5.91 Å². The van der Waals surface area contributed by atoms with Crippen molar-refractivity contribution in [2.24, 2.45) is 0 Å². The van der Waals surface area contributed by atoms with E-state index in [9.17, 15) is 22.9 Å². The molecule has 12 heteroatoms. The van der Waals surface area contributed by atoms with Crippen molar-refractivity contribution in [1.29, 1.82) is 5.26 Å². The van der Waals surface area contributed by atoms with Crippen molar-refractivity contribution in [3.8, 4) is 17.6 Å². The minimum Gasteiger partial charge on any atom is -0.497 e. The van der Waals surface area contributed by atoms with Crippen LogP contribution in [0.2, 0.25) is 0 Å². The second-order valence-electron chi connectivity index (χ2n) is 7.68. The Kier molecular flexibility index (Phi) is 8.10. The van der Waals surface area contributed by atoms with Gasteiger partial charge in [0.1, 0.15) is 38.9 Å². The van der Waals surface area contributed by atoms with Crippen molar-refractivity contribution < 1.29 is 26.5 Å². The summed E-state index contributed by atoms with van der Waals surface area (Å²) in [5.41, 5.74) is 0.572. The topological polar surface area (TPSA) is 131 Å². The third-order valence-electron chi connectivity index (χ3n) is 5.06. The zero-order chi connectivity index (χ0) is 27.1. The van der Waals surface area contributed by atoms with Gasteiger partial charge in [-0.3, -0.25) is 10.1 Å². The van der Waals surface area contributed by atoms with Gasteiger partial charge in [0.2, 0.25) is 5.13 Å². The van der Waals surface area contributed by atoms with Crippen LogP contribution in [-0.4, -0.2) is 31.6 Å². The Labute approximate surface area is 221 Å². The summed E-state index contributed by atoms with van der Waals surface area (Å²) >= 11 is 1.08. The number of halogens is 1. The van der Waals surface area contributed by atoms with E-state index in [0.29, 0.717) is 22.7 Å². The van der Waals surface area contributed by atoms with Crippen molar-refractivity contribution in [3.63, 3.8) is 0 Å². The van der Waals surface area contributed by atoms with Crippen LogP contribution in [0.5, 0.6) is 11.5 Å². The number of methoxy groups -OCH3 is 1. The summed E-state index contributed by atoms with van der Waals surface area (Å²) in [7, 11) is -2.75. The standard InChI is InChI=1S/C26H19FN4O5S2/c1-35-21-9-11-22(12-10-21)38(33,34)36-23-8-3-2-6-18(23)15-19(16-28)25(32)29-26-31-30-24(37-26)14-17-5-4-7-20(27)13-17/h2-13,15H,14H2,1H3,(H,29,31,32)/b19-15+. The average molecular weight is 551 g/mol. The molecule has 0 aliphatic rings. The van der Waals surface area contributed by atoms with Gasteiger partial charge < -0.3 is 8.92 Å². The molecular formula is C26H19FN4O5S2. The summed E-state index contributed by atoms with van der Waals surface area (Å²) in [6.07, 6.45) is 1.53. The van der Waals surface area contributed by atoms with E-state index in [1.54, 1.807) is 30.3 Å². The number of benzene rings is 3. The first-order chi connectivity index (χ1) is 18.3. The Bertz CT molecular complexity index is 1640. The van der Waals surface area contributed by atoms with E-state index in [1.807, 2.05) is 0 Å². The highest BCUT2D eigenvalue weighted by molar-refractivity contribution is 7.87. The molecule has 1 N–H and O–H groups in total. The number of rotatable bonds is 9. The van der Waals surface area contributed by atoms with Crippen LogP contribution in [0.1, 0.15) is 16.1 Å². The molecule has 0 saturated heterocycles. The molecule has 1 amide bonds. The molecule has 0 unspecified atom stereocenters. The Hall–Kier alpha value is -4.60. The smallest absolute Gasteiger partial charge is 0.339 e. The maximum atomic E-state index is 13.4. The van der Waals surface area contributed by atoms with Crippen molar-refractivity contribution in [3.05, 3.63) is 100 Å². The van der Waals surface area contributed by atoms with Gasteiger partial charge in [-0.15, -0.1) is 10.2 Å². The predicted octanol–water partition coefficient (Wildman–Crippen LogP) is 4.59. The molecule has 0 saturated carbocycles. The molecule has 1 aromatic heterocycles. The molecule has 0 bridgehead atoms. The van der Waals surface area contributed by atoms with Crippen molar-refractivity contribution in [1.82, 2.24) is 10.2 Å². The summed E-state index contributed by atoms with van der Waals surface area (Å²) in [4.78, 5) is 12.7. The van der Waals surface area contributed by atoms with Gasteiger partial charge in [-0.2, -0.15) is 13.7 Å². The van der Waals surface area contributed by atoms with Crippen LogP contribution in [0.4, 0.5) is 9.52 Å². The number of nitriles is 1. The zero-order valence-corrected chi connectivity index (χ0v) is 21.4. The lowest BCUT2D eigenvalue weighted by Gasteiger charge is -2.10. The van der Waals surface area contributed by atoms with Crippen molar-refractivity contribution in [2.45, 2.75) is 11.3 Å². The summed E-state index contributed by atoms with van der Waals surface area (Å²) in [6, 6.07) is 19.6. The molecule has 4 aromatic rings. The fourth-order valence-corrected chi connectivity index (χ4v) is 4.97. The van der Waals surface area contributed by atoms with Crippen LogP contribution in [0, 0.1) is 17.1 Å². The monoisotopic (exact) mass is 550 g/mol. The number of nitrogens with zero attached hydrogens (tertiary/aromatic N) is 3. The molecule has 0 aliphatic carbocycles. The SMILES string of the molecule is COc1ccc(S(=O)(=O)Oc2ccccc2/C=C(\C#N)C(=O)Nc2nnc(Cc3cccc(F)c3)s2)cc1. The molecule has 0 radical (unpaired) electrons. The third-order valence-corrected chi connectivity index (χ3v) is 7.15. The van der Waals surface area contributed by atoms with Gasteiger partial charge in [-0.25, -0.2) is 4.39 Å². The second kappa shape index (κ2) is 11.6. The largest absolute Gasteiger partial charge is 0.497 e. The first-order valence-corrected chi connectivity index (χ1v) is 13.2. The highest BCUT2D eigenvalue weighted by Crippen LogP contribution is 2.26. The van der Waals surface area contributed by atoms with Crippen LogP contribution in [0.25, 0.3) is 6.08 Å². The Balaban J connectivity index is 1.50. The van der Waals surface area contributed by atoms with Crippen LogP contribution < -0.4 is 14.2 Å². The second-order valence-corrected chi connectivity index (χ2v) is 10.3. The summed E-state index contributed by atoms with van der Waals surface area (Å²) in [6.45, 7) is 0. The van der Waals surface area contributed by atoms with Crippen LogP contribution in [0.15, 0.2) is 83.3 Å². The van der Waals surface area contributed by atoms with Gasteiger partial charge in [-0.05, 0) is 54.1 Å². The number of nitrogens with one attached hydrogen (secondary N) is 1. The number of anilines is 1. The lowest BCUT2D eigenvalue weighted by molar-refractivity contribution is -0.112. The van der Waals surface area contributed by atoms with Gasteiger partial charge in [0.15, 0.2) is 0 Å². The van der Waals surface area contributed by atoms with E-state index < -0.39 is 16.0 Å². The van der Waals surface area contributed by atoms with E-state index in [4.69, 9.17) is 8.92 Å². The van der Waals surface area contributed by atoms with E-state index in [1.165, 1.54) is 61.7 Å². The maximum Gasteiger partial charge on any atom is 0.339 e. The quantitative estimate of drug-likeness (QED) is 0.182. The Morgan fingerprint density at radius 1 is 1.11 bits per heavy atom. The number of carbonyl (C=O) groups is 1. The number of carbonyl (C=O) groups excluding carboxylic acids is 1. The minimum atomic E-state index is -4.21. The minimum absolute atomic E-state index is 0.0721. The number of hydrogen-bond donors (Lipinski definition) is 1. The van der Waals surface area contributed by atoms with Gasteiger partial charge >= 0.3 is 10.1 Å². The molecule has 1 heterocycles. The summed E-state index contributed by atoms with van der Waals surface area (Å²) < 4.78 is 49.3. The molecule has 0 spiro atoms. The number of para-hydroxylation sites is 1. The average Bonchev–Trinajstić information content (AvgIpc) is 3.34. The molecule has 4 rings (SSSR count). The summed E-state index contributed by atoms with van der Waals surface area (Å²) in [5.74, 6) is -0.732. The van der Waals surface area contributed by atoms with Crippen LogP contribution in [-0.2, 0) is 21.3 Å². The zero-order valence-electron chi connectivity index (χ0n) is 19.8. The fraction of sp³-hybridized carbons (Fsp3) is 0.0769. The highest BCUT2D eigenvalue weighted by Gasteiger charge is 2.20. The van der Waals surface area contributed by atoms with Crippen molar-refractivity contribution in [2.75, 3.05) is 12.4 Å². The molecule has 0 atom stereocenters. The highest BCUT2D eigenvalue weighted by atomic mass is 32.2. The van der Waals surface area contributed by atoms with E-state index in [-0.39, 0.29) is 32.7 Å². The van der Waals surface area contributed by atoms with Gasteiger partial charge in [-0.1, -0.05) is 41.7 Å². The molecule has 0 aliphatic heterocycles. The normalized spacial score (nSPS) is 11.4.